The summed E-state index contributed by atoms with van der Waals surface area (Å²) in [4.78, 5) is 35.7. The van der Waals surface area contributed by atoms with E-state index < -0.39 is 6.03 Å². The summed E-state index contributed by atoms with van der Waals surface area (Å²) in [5.74, 6) is -0.428. The number of nitrogen functional groups attached to an aromatic ring is 1. The van der Waals surface area contributed by atoms with Crippen LogP contribution in [0.3, 0.4) is 0 Å². The molecule has 0 radical (unpaired) electrons. The highest BCUT2D eigenvalue weighted by molar-refractivity contribution is 6.02. The van der Waals surface area contributed by atoms with E-state index in [0.717, 1.165) is 10.5 Å². The molecule has 1 fully saturated rings. The minimum atomic E-state index is -0.396. The van der Waals surface area contributed by atoms with Crippen molar-refractivity contribution in [3.05, 3.63) is 23.8 Å². The van der Waals surface area contributed by atoms with Gasteiger partial charge >= 0.3 is 6.03 Å². The molecule has 2 rings (SSSR count). The monoisotopic (exact) mass is 290 g/mol. The SMILES string of the molecule is Cc1ccc(N)cc1NC(=O)CCCN1C(=O)CNC1=O. The van der Waals surface area contributed by atoms with Gasteiger partial charge in [0.2, 0.25) is 11.8 Å². The van der Waals surface area contributed by atoms with E-state index >= 15 is 0 Å². The molecule has 1 heterocycles. The lowest BCUT2D eigenvalue weighted by molar-refractivity contribution is -0.125. The molecule has 1 aliphatic heterocycles. The normalized spacial score (nSPS) is 14.2. The molecule has 4 N–H and O–H groups in total. The fraction of sp³-hybridized carbons (Fsp3) is 0.357. The molecule has 7 nitrogen and oxygen atoms in total. The Kier molecular flexibility index (Phi) is 4.42. The van der Waals surface area contributed by atoms with Gasteiger partial charge < -0.3 is 16.4 Å². The number of aryl methyl sites for hydroxylation is 1. The smallest absolute Gasteiger partial charge is 0.324 e. The Labute approximate surface area is 122 Å². The minimum Gasteiger partial charge on any atom is -0.399 e. The second-order valence-electron chi connectivity index (χ2n) is 4.93. The average Bonchev–Trinajstić information content (AvgIpc) is 2.74. The molecule has 0 aromatic heterocycles. The molecular weight excluding hydrogens is 272 g/mol. The van der Waals surface area contributed by atoms with E-state index in [4.69, 9.17) is 5.73 Å². The lowest BCUT2D eigenvalue weighted by Crippen LogP contribution is -2.32. The van der Waals surface area contributed by atoms with Crippen LogP contribution in [0, 0.1) is 6.92 Å². The zero-order chi connectivity index (χ0) is 15.4. The number of carbonyl (C=O) groups is 3. The lowest BCUT2D eigenvalue weighted by atomic mass is 10.1. The first-order valence-electron chi connectivity index (χ1n) is 6.71. The van der Waals surface area contributed by atoms with Gasteiger partial charge in [0.05, 0.1) is 6.54 Å². The predicted molar refractivity (Wildman–Crippen MR) is 78.6 cm³/mol. The molecular formula is C14H18N4O3. The van der Waals surface area contributed by atoms with Crippen LogP contribution in [0.4, 0.5) is 16.2 Å². The van der Waals surface area contributed by atoms with Crippen LogP contribution in [0.25, 0.3) is 0 Å². The quantitative estimate of drug-likeness (QED) is 0.552. The average molecular weight is 290 g/mol. The van der Waals surface area contributed by atoms with Crippen molar-refractivity contribution in [1.82, 2.24) is 10.2 Å². The molecule has 0 spiro atoms. The van der Waals surface area contributed by atoms with Gasteiger partial charge in [-0.1, -0.05) is 6.07 Å². The summed E-state index contributed by atoms with van der Waals surface area (Å²) in [5, 5.41) is 5.21. The van der Waals surface area contributed by atoms with Gasteiger partial charge in [0.1, 0.15) is 0 Å². The number of amides is 4. The van der Waals surface area contributed by atoms with Crippen molar-refractivity contribution in [3.63, 3.8) is 0 Å². The summed E-state index contributed by atoms with van der Waals surface area (Å²) >= 11 is 0. The number of carbonyl (C=O) groups excluding carboxylic acids is 3. The molecule has 1 aromatic carbocycles. The van der Waals surface area contributed by atoms with Crippen LogP contribution in [0.5, 0.6) is 0 Å². The van der Waals surface area contributed by atoms with Crippen molar-refractivity contribution in [2.24, 2.45) is 0 Å². The van der Waals surface area contributed by atoms with Crippen molar-refractivity contribution in [2.75, 3.05) is 24.1 Å². The fourth-order valence-corrected chi connectivity index (χ4v) is 2.07. The summed E-state index contributed by atoms with van der Waals surface area (Å²) in [6.07, 6.45) is 0.650. The van der Waals surface area contributed by atoms with Crippen LogP contribution < -0.4 is 16.4 Å². The third-order valence-corrected chi connectivity index (χ3v) is 3.26. The molecule has 4 amide bonds. The van der Waals surface area contributed by atoms with Gasteiger partial charge in [0, 0.05) is 24.3 Å². The number of urea groups is 1. The van der Waals surface area contributed by atoms with E-state index in [9.17, 15) is 14.4 Å². The highest BCUT2D eigenvalue weighted by Gasteiger charge is 2.27. The second kappa shape index (κ2) is 6.25. The number of nitrogens with zero attached hydrogens (tertiary/aromatic N) is 1. The van der Waals surface area contributed by atoms with Gasteiger partial charge in [-0.3, -0.25) is 14.5 Å². The highest BCUT2D eigenvalue weighted by atomic mass is 16.2. The highest BCUT2D eigenvalue weighted by Crippen LogP contribution is 2.18. The first-order chi connectivity index (χ1) is 9.97. The van der Waals surface area contributed by atoms with Crippen molar-refractivity contribution < 1.29 is 14.4 Å². The Balaban J connectivity index is 1.81. The predicted octanol–water partition coefficient (Wildman–Crippen LogP) is 0.848. The maximum absolute atomic E-state index is 11.9. The topological polar surface area (TPSA) is 105 Å². The maximum Gasteiger partial charge on any atom is 0.324 e. The van der Waals surface area contributed by atoms with Crippen LogP contribution in [0.15, 0.2) is 18.2 Å². The molecule has 112 valence electrons. The Morgan fingerprint density at radius 3 is 2.86 bits per heavy atom. The van der Waals surface area contributed by atoms with Gasteiger partial charge in [-0.15, -0.1) is 0 Å². The van der Waals surface area contributed by atoms with Crippen LogP contribution in [-0.4, -0.2) is 35.8 Å². The number of nitrogens with one attached hydrogen (secondary N) is 2. The number of rotatable bonds is 5. The van der Waals surface area contributed by atoms with Gasteiger partial charge in [-0.25, -0.2) is 4.79 Å². The van der Waals surface area contributed by atoms with Crippen molar-refractivity contribution in [1.29, 1.82) is 0 Å². The number of imide groups is 1. The summed E-state index contributed by atoms with van der Waals surface area (Å²) in [5.41, 5.74) is 7.85. The molecule has 0 unspecified atom stereocenters. The minimum absolute atomic E-state index is 0.0352. The largest absolute Gasteiger partial charge is 0.399 e. The Morgan fingerprint density at radius 1 is 1.43 bits per heavy atom. The number of nitrogens with two attached hydrogens (primary N) is 1. The van der Waals surface area contributed by atoms with E-state index in [-0.39, 0.29) is 31.3 Å². The molecule has 1 aliphatic rings. The van der Waals surface area contributed by atoms with E-state index in [1.807, 2.05) is 13.0 Å². The number of hydrogen-bond donors (Lipinski definition) is 3. The lowest BCUT2D eigenvalue weighted by Gasteiger charge is -2.12. The van der Waals surface area contributed by atoms with Crippen LogP contribution in [0.1, 0.15) is 18.4 Å². The van der Waals surface area contributed by atoms with Gasteiger partial charge in [-0.05, 0) is 31.0 Å². The van der Waals surface area contributed by atoms with Crippen molar-refractivity contribution in [3.8, 4) is 0 Å². The van der Waals surface area contributed by atoms with Crippen LogP contribution in [0.2, 0.25) is 0 Å². The molecule has 1 saturated heterocycles. The third kappa shape index (κ3) is 3.71. The summed E-state index contributed by atoms with van der Waals surface area (Å²) in [7, 11) is 0. The van der Waals surface area contributed by atoms with Gasteiger partial charge in [0.25, 0.3) is 0 Å². The first-order valence-corrected chi connectivity index (χ1v) is 6.71. The first kappa shape index (κ1) is 14.8. The molecule has 21 heavy (non-hydrogen) atoms. The van der Waals surface area contributed by atoms with Gasteiger partial charge in [0.15, 0.2) is 0 Å². The molecule has 0 atom stereocenters. The number of hydrogen-bond acceptors (Lipinski definition) is 4. The zero-order valence-corrected chi connectivity index (χ0v) is 11.8. The van der Waals surface area contributed by atoms with E-state index in [2.05, 4.69) is 10.6 Å². The van der Waals surface area contributed by atoms with Crippen LogP contribution >= 0.6 is 0 Å². The Hall–Kier alpha value is -2.57. The Morgan fingerprint density at radius 2 is 2.19 bits per heavy atom. The molecule has 0 aliphatic carbocycles. The van der Waals surface area contributed by atoms with Crippen molar-refractivity contribution in [2.45, 2.75) is 19.8 Å². The summed E-state index contributed by atoms with van der Waals surface area (Å²) in [6.45, 7) is 2.16. The summed E-state index contributed by atoms with van der Waals surface area (Å²) in [6, 6.07) is 4.90. The molecule has 7 heteroatoms. The molecule has 0 saturated carbocycles. The van der Waals surface area contributed by atoms with E-state index in [0.29, 0.717) is 17.8 Å². The third-order valence-electron chi connectivity index (χ3n) is 3.26. The Bertz CT molecular complexity index is 570. The second-order valence-corrected chi connectivity index (χ2v) is 4.93. The molecule has 0 bridgehead atoms. The van der Waals surface area contributed by atoms with E-state index in [1.54, 1.807) is 12.1 Å². The number of benzene rings is 1. The summed E-state index contributed by atoms with van der Waals surface area (Å²) < 4.78 is 0. The zero-order valence-electron chi connectivity index (χ0n) is 11.8. The molecule has 1 aromatic rings. The fourth-order valence-electron chi connectivity index (χ4n) is 2.07. The standard InChI is InChI=1S/C14H18N4O3/c1-9-4-5-10(15)7-11(9)17-12(19)3-2-6-18-13(20)8-16-14(18)21/h4-5,7H,2-3,6,8,15H2,1H3,(H,16,21)(H,17,19). The van der Waals surface area contributed by atoms with Gasteiger partial charge in [-0.2, -0.15) is 0 Å². The van der Waals surface area contributed by atoms with Crippen molar-refractivity contribution >= 4 is 29.2 Å². The maximum atomic E-state index is 11.9. The van der Waals surface area contributed by atoms with Crippen LogP contribution in [-0.2, 0) is 9.59 Å². The van der Waals surface area contributed by atoms with E-state index in [1.165, 1.54) is 0 Å². The number of anilines is 2.